The zero-order chi connectivity index (χ0) is 13.3. The second-order valence-electron chi connectivity index (χ2n) is 5.58. The van der Waals surface area contributed by atoms with Crippen molar-refractivity contribution in [1.82, 2.24) is 4.98 Å². The highest BCUT2D eigenvalue weighted by atomic mass is 32.2. The van der Waals surface area contributed by atoms with Crippen LogP contribution in [0, 0.1) is 12.8 Å². The van der Waals surface area contributed by atoms with E-state index >= 15 is 0 Å². The number of hydrogen-bond acceptors (Lipinski definition) is 4. The van der Waals surface area contributed by atoms with E-state index < -0.39 is 0 Å². The molecule has 0 bridgehead atoms. The molecule has 2 saturated heterocycles. The van der Waals surface area contributed by atoms with Crippen molar-refractivity contribution in [1.29, 1.82) is 0 Å². The molecule has 0 aliphatic carbocycles. The molecule has 2 aliphatic heterocycles. The topological polar surface area (TPSA) is 39.2 Å². The molecular weight excluding hydrogens is 258 g/mol. The van der Waals surface area contributed by atoms with Crippen LogP contribution in [0.1, 0.15) is 35.3 Å². The van der Waals surface area contributed by atoms with E-state index in [4.69, 9.17) is 4.74 Å². The lowest BCUT2D eigenvalue weighted by Crippen LogP contribution is -2.42. The van der Waals surface area contributed by atoms with Gasteiger partial charge in [0.2, 0.25) is 0 Å². The molecule has 19 heavy (non-hydrogen) atoms. The summed E-state index contributed by atoms with van der Waals surface area (Å²) in [5.41, 5.74) is 1.67. The highest BCUT2D eigenvalue weighted by molar-refractivity contribution is 7.99. The van der Waals surface area contributed by atoms with Crippen LogP contribution in [-0.4, -0.2) is 34.5 Å². The van der Waals surface area contributed by atoms with Crippen LogP contribution in [0.15, 0.2) is 18.3 Å². The van der Waals surface area contributed by atoms with Crippen molar-refractivity contribution < 1.29 is 9.53 Å². The fourth-order valence-corrected chi connectivity index (χ4v) is 4.34. The van der Waals surface area contributed by atoms with Crippen molar-refractivity contribution in [3.8, 4) is 0 Å². The van der Waals surface area contributed by atoms with Gasteiger partial charge in [-0.3, -0.25) is 9.78 Å². The minimum Gasteiger partial charge on any atom is -0.374 e. The summed E-state index contributed by atoms with van der Waals surface area (Å²) in [6, 6.07) is 3.81. The Bertz CT molecular complexity index is 466. The Labute approximate surface area is 118 Å². The number of pyridine rings is 1. The Hall–Kier alpha value is -0.870. The maximum Gasteiger partial charge on any atom is 0.167 e. The van der Waals surface area contributed by atoms with Gasteiger partial charge in [0, 0.05) is 35.7 Å². The molecule has 4 heteroatoms. The minimum atomic E-state index is -0.0264. The van der Waals surface area contributed by atoms with E-state index in [2.05, 4.69) is 4.98 Å². The first-order chi connectivity index (χ1) is 9.19. The largest absolute Gasteiger partial charge is 0.374 e. The van der Waals surface area contributed by atoms with Gasteiger partial charge in [-0.25, -0.2) is 0 Å². The molecule has 2 fully saturated rings. The van der Waals surface area contributed by atoms with Gasteiger partial charge in [-0.05, 0) is 44.1 Å². The Morgan fingerprint density at radius 1 is 1.53 bits per heavy atom. The van der Waals surface area contributed by atoms with Crippen LogP contribution in [0.5, 0.6) is 0 Å². The number of ether oxygens (including phenoxy) is 1. The average molecular weight is 277 g/mol. The van der Waals surface area contributed by atoms with Crippen LogP contribution >= 0.6 is 11.8 Å². The molecule has 1 spiro atoms. The van der Waals surface area contributed by atoms with Gasteiger partial charge in [0.15, 0.2) is 5.78 Å². The summed E-state index contributed by atoms with van der Waals surface area (Å²) in [5, 5.41) is 0. The third-order valence-electron chi connectivity index (χ3n) is 4.13. The molecule has 0 aromatic carbocycles. The Kier molecular flexibility index (Phi) is 3.63. The Morgan fingerprint density at radius 2 is 2.42 bits per heavy atom. The Morgan fingerprint density at radius 3 is 3.11 bits per heavy atom. The molecule has 102 valence electrons. The number of ketones is 1. The standard InChI is InChI=1S/C15H19NO2S/c1-11-2-3-13(9-16-11)14(17)12-4-6-18-15(8-12)5-7-19-10-15/h2-3,9,12H,4-8,10H2,1H3. The molecular formula is C15H19NO2S. The summed E-state index contributed by atoms with van der Waals surface area (Å²) in [6.07, 6.45) is 4.53. The maximum atomic E-state index is 12.5. The van der Waals surface area contributed by atoms with Crippen LogP contribution in [-0.2, 0) is 4.74 Å². The van der Waals surface area contributed by atoms with Crippen molar-refractivity contribution in [3.05, 3.63) is 29.6 Å². The van der Waals surface area contributed by atoms with Gasteiger partial charge >= 0.3 is 0 Å². The molecule has 2 atom stereocenters. The first-order valence-corrected chi connectivity index (χ1v) is 8.03. The fourth-order valence-electron chi connectivity index (χ4n) is 2.96. The summed E-state index contributed by atoms with van der Waals surface area (Å²) >= 11 is 1.94. The summed E-state index contributed by atoms with van der Waals surface area (Å²) in [4.78, 5) is 16.8. The zero-order valence-electron chi connectivity index (χ0n) is 11.2. The molecule has 3 rings (SSSR count). The molecule has 0 radical (unpaired) electrons. The van der Waals surface area contributed by atoms with Gasteiger partial charge in [-0.15, -0.1) is 0 Å². The number of rotatable bonds is 2. The van der Waals surface area contributed by atoms with E-state index in [1.165, 1.54) is 0 Å². The van der Waals surface area contributed by atoms with Crippen molar-refractivity contribution in [2.24, 2.45) is 5.92 Å². The summed E-state index contributed by atoms with van der Waals surface area (Å²) in [5.74, 6) is 2.56. The number of nitrogens with zero attached hydrogens (tertiary/aromatic N) is 1. The van der Waals surface area contributed by atoms with Gasteiger partial charge < -0.3 is 4.74 Å². The molecule has 1 aromatic heterocycles. The second kappa shape index (κ2) is 5.25. The lowest BCUT2D eigenvalue weighted by molar-refractivity contribution is -0.0734. The maximum absolute atomic E-state index is 12.5. The second-order valence-corrected chi connectivity index (χ2v) is 6.68. The van der Waals surface area contributed by atoms with E-state index in [1.54, 1.807) is 6.20 Å². The third-order valence-corrected chi connectivity index (χ3v) is 5.35. The third kappa shape index (κ3) is 2.70. The Balaban J connectivity index is 1.74. The van der Waals surface area contributed by atoms with Crippen molar-refractivity contribution in [3.63, 3.8) is 0 Å². The molecule has 2 unspecified atom stereocenters. The number of thioether (sulfide) groups is 1. The van der Waals surface area contributed by atoms with Crippen molar-refractivity contribution in [2.75, 3.05) is 18.1 Å². The summed E-state index contributed by atoms with van der Waals surface area (Å²) in [7, 11) is 0. The summed E-state index contributed by atoms with van der Waals surface area (Å²) < 4.78 is 5.97. The first-order valence-electron chi connectivity index (χ1n) is 6.87. The highest BCUT2D eigenvalue weighted by Gasteiger charge is 2.42. The lowest BCUT2D eigenvalue weighted by Gasteiger charge is -2.37. The number of hydrogen-bond donors (Lipinski definition) is 0. The van der Waals surface area contributed by atoms with E-state index in [0.29, 0.717) is 0 Å². The normalized spacial score (nSPS) is 30.7. The van der Waals surface area contributed by atoms with Crippen molar-refractivity contribution in [2.45, 2.75) is 31.8 Å². The SMILES string of the molecule is Cc1ccc(C(=O)C2CCOC3(CCSC3)C2)cn1. The van der Waals surface area contributed by atoms with Crippen molar-refractivity contribution >= 4 is 17.5 Å². The van der Waals surface area contributed by atoms with Crippen LogP contribution in [0.3, 0.4) is 0 Å². The van der Waals surface area contributed by atoms with Crippen LogP contribution in [0.2, 0.25) is 0 Å². The highest BCUT2D eigenvalue weighted by Crippen LogP contribution is 2.41. The zero-order valence-corrected chi connectivity index (χ0v) is 12.0. The number of aromatic nitrogens is 1. The van der Waals surface area contributed by atoms with Gasteiger partial charge in [0.25, 0.3) is 0 Å². The van der Waals surface area contributed by atoms with Crippen LogP contribution < -0.4 is 0 Å². The monoisotopic (exact) mass is 277 g/mol. The predicted octanol–water partition coefficient (Wildman–Crippen LogP) is 2.88. The lowest BCUT2D eigenvalue weighted by atomic mass is 9.81. The van der Waals surface area contributed by atoms with E-state index in [9.17, 15) is 4.79 Å². The fraction of sp³-hybridized carbons (Fsp3) is 0.600. The minimum absolute atomic E-state index is 0.0264. The van der Waals surface area contributed by atoms with E-state index in [1.807, 2.05) is 30.8 Å². The van der Waals surface area contributed by atoms with Gasteiger partial charge in [0.1, 0.15) is 0 Å². The number of carbonyl (C=O) groups is 1. The molecule has 1 aromatic rings. The first kappa shape index (κ1) is 13.1. The average Bonchev–Trinajstić information content (AvgIpc) is 2.87. The van der Waals surface area contributed by atoms with Crippen LogP contribution in [0.25, 0.3) is 0 Å². The number of Topliss-reactive ketones (excluding diaryl/α,β-unsaturated/α-hetero) is 1. The molecule has 0 amide bonds. The predicted molar refractivity (Wildman–Crippen MR) is 76.7 cm³/mol. The molecule has 2 aliphatic rings. The van der Waals surface area contributed by atoms with E-state index in [-0.39, 0.29) is 17.3 Å². The van der Waals surface area contributed by atoms with E-state index in [0.717, 1.165) is 48.6 Å². The number of carbonyl (C=O) groups excluding carboxylic acids is 1. The molecule has 0 N–H and O–H groups in total. The number of aryl methyl sites for hydroxylation is 1. The quantitative estimate of drug-likeness (QED) is 0.779. The molecule has 3 heterocycles. The molecule has 0 saturated carbocycles. The van der Waals surface area contributed by atoms with Gasteiger partial charge in [0.05, 0.1) is 5.60 Å². The summed E-state index contributed by atoms with van der Waals surface area (Å²) in [6.45, 7) is 2.66. The van der Waals surface area contributed by atoms with Gasteiger partial charge in [-0.1, -0.05) is 0 Å². The smallest absolute Gasteiger partial charge is 0.167 e. The van der Waals surface area contributed by atoms with Gasteiger partial charge in [-0.2, -0.15) is 11.8 Å². The molecule has 3 nitrogen and oxygen atoms in total. The van der Waals surface area contributed by atoms with Crippen LogP contribution in [0.4, 0.5) is 0 Å².